The molecule has 0 aromatic carbocycles. The molecule has 0 atom stereocenters. The fourth-order valence-corrected chi connectivity index (χ4v) is 4.54. The minimum atomic E-state index is 0.675. The highest BCUT2D eigenvalue weighted by atomic mass is 14.9. The standard InChI is InChI=1S/C14H20N2/c1-9(7-15)8-16-14-12-3-10-2-11(5-12)6-13(14)4-10/h10-14,16H,1-6,8H2. The predicted molar refractivity (Wildman–Crippen MR) is 63.6 cm³/mol. The largest absolute Gasteiger partial charge is 0.309 e. The predicted octanol–water partition coefficient (Wildman–Crippen LogP) is 2.48. The van der Waals surface area contributed by atoms with Crippen LogP contribution in [-0.4, -0.2) is 12.6 Å². The van der Waals surface area contributed by atoms with Gasteiger partial charge in [-0.1, -0.05) is 6.58 Å². The van der Waals surface area contributed by atoms with E-state index >= 15 is 0 Å². The molecule has 0 aromatic heterocycles. The van der Waals surface area contributed by atoms with Crippen LogP contribution in [-0.2, 0) is 0 Å². The molecular formula is C14H20N2. The van der Waals surface area contributed by atoms with Crippen LogP contribution in [0.1, 0.15) is 32.1 Å². The maximum Gasteiger partial charge on any atom is 0.0954 e. The zero-order valence-corrected chi connectivity index (χ0v) is 9.78. The monoisotopic (exact) mass is 216 g/mol. The third-order valence-electron chi connectivity index (χ3n) is 4.94. The van der Waals surface area contributed by atoms with Crippen molar-refractivity contribution >= 4 is 0 Å². The lowest BCUT2D eigenvalue weighted by atomic mass is 9.54. The van der Waals surface area contributed by atoms with Crippen molar-refractivity contribution in [2.45, 2.75) is 38.1 Å². The maximum absolute atomic E-state index is 8.73. The van der Waals surface area contributed by atoms with Crippen LogP contribution >= 0.6 is 0 Å². The molecule has 2 nitrogen and oxygen atoms in total. The highest BCUT2D eigenvalue weighted by Crippen LogP contribution is 2.53. The van der Waals surface area contributed by atoms with Crippen LogP contribution in [0.3, 0.4) is 0 Å². The fourth-order valence-electron chi connectivity index (χ4n) is 4.54. The average Bonchev–Trinajstić information content (AvgIpc) is 2.26. The summed E-state index contributed by atoms with van der Waals surface area (Å²) in [5.74, 6) is 3.84. The Morgan fingerprint density at radius 3 is 2.19 bits per heavy atom. The SMILES string of the molecule is C=C(C#N)CNC1C2CC3CC(C2)CC1C3. The first-order valence-corrected chi connectivity index (χ1v) is 6.57. The van der Waals surface area contributed by atoms with E-state index < -0.39 is 0 Å². The Balaban J connectivity index is 1.64. The van der Waals surface area contributed by atoms with Crippen LogP contribution in [0.25, 0.3) is 0 Å². The topological polar surface area (TPSA) is 35.8 Å². The summed E-state index contributed by atoms with van der Waals surface area (Å²) in [7, 11) is 0. The number of nitrogens with one attached hydrogen (secondary N) is 1. The molecule has 0 spiro atoms. The summed E-state index contributed by atoms with van der Waals surface area (Å²) in [5, 5.41) is 12.3. The molecule has 4 saturated carbocycles. The van der Waals surface area contributed by atoms with Gasteiger partial charge in [0.2, 0.25) is 0 Å². The molecular weight excluding hydrogens is 196 g/mol. The Morgan fingerprint density at radius 1 is 1.12 bits per heavy atom. The number of hydrogen-bond donors (Lipinski definition) is 1. The normalized spacial score (nSPS) is 44.3. The van der Waals surface area contributed by atoms with Gasteiger partial charge in [-0.3, -0.25) is 0 Å². The molecule has 0 aliphatic heterocycles. The molecule has 4 rings (SSSR count). The van der Waals surface area contributed by atoms with E-state index in [-0.39, 0.29) is 0 Å². The number of nitriles is 1. The first-order valence-electron chi connectivity index (χ1n) is 6.57. The maximum atomic E-state index is 8.73. The van der Waals surface area contributed by atoms with Crippen LogP contribution in [0.2, 0.25) is 0 Å². The van der Waals surface area contributed by atoms with Crippen LogP contribution in [0.15, 0.2) is 12.2 Å². The van der Waals surface area contributed by atoms with Gasteiger partial charge in [0.05, 0.1) is 6.07 Å². The second-order valence-electron chi connectivity index (χ2n) is 6.05. The molecule has 0 radical (unpaired) electrons. The van der Waals surface area contributed by atoms with Crippen molar-refractivity contribution < 1.29 is 0 Å². The lowest BCUT2D eigenvalue weighted by Crippen LogP contribution is -2.54. The quantitative estimate of drug-likeness (QED) is 0.736. The van der Waals surface area contributed by atoms with Gasteiger partial charge >= 0.3 is 0 Å². The third-order valence-corrected chi connectivity index (χ3v) is 4.94. The average molecular weight is 216 g/mol. The lowest BCUT2D eigenvalue weighted by Gasteiger charge is -2.54. The van der Waals surface area contributed by atoms with E-state index in [9.17, 15) is 0 Å². The van der Waals surface area contributed by atoms with Crippen molar-refractivity contribution in [3.05, 3.63) is 12.2 Å². The zero-order chi connectivity index (χ0) is 11.1. The molecule has 16 heavy (non-hydrogen) atoms. The van der Waals surface area contributed by atoms with E-state index in [1.165, 1.54) is 32.1 Å². The van der Waals surface area contributed by atoms with E-state index in [1.54, 1.807) is 0 Å². The van der Waals surface area contributed by atoms with E-state index in [2.05, 4.69) is 18.0 Å². The van der Waals surface area contributed by atoms with Gasteiger partial charge in [0.15, 0.2) is 0 Å². The van der Waals surface area contributed by atoms with E-state index in [0.29, 0.717) is 18.2 Å². The van der Waals surface area contributed by atoms with E-state index in [0.717, 1.165) is 23.7 Å². The van der Waals surface area contributed by atoms with Crippen LogP contribution in [0.4, 0.5) is 0 Å². The first-order chi connectivity index (χ1) is 7.76. The summed E-state index contributed by atoms with van der Waals surface area (Å²) < 4.78 is 0. The van der Waals surface area contributed by atoms with Gasteiger partial charge in [-0.15, -0.1) is 0 Å². The Labute approximate surface area is 97.7 Å². The molecule has 86 valence electrons. The van der Waals surface area contributed by atoms with Gasteiger partial charge in [-0.2, -0.15) is 5.26 Å². The Hall–Kier alpha value is -0.810. The molecule has 4 aliphatic rings. The van der Waals surface area contributed by atoms with Gasteiger partial charge in [-0.05, 0) is 55.8 Å². The third kappa shape index (κ3) is 1.68. The molecule has 0 unspecified atom stereocenters. The van der Waals surface area contributed by atoms with Gasteiger partial charge in [-0.25, -0.2) is 0 Å². The summed E-state index contributed by atoms with van der Waals surface area (Å²) in [6.07, 6.45) is 7.24. The van der Waals surface area contributed by atoms with Crippen molar-refractivity contribution in [3.63, 3.8) is 0 Å². The molecule has 4 aliphatic carbocycles. The van der Waals surface area contributed by atoms with Crippen LogP contribution < -0.4 is 5.32 Å². The van der Waals surface area contributed by atoms with Crippen molar-refractivity contribution in [1.82, 2.24) is 5.32 Å². The smallest absolute Gasteiger partial charge is 0.0954 e. The molecule has 0 saturated heterocycles. The first kappa shape index (κ1) is 10.4. The van der Waals surface area contributed by atoms with Gasteiger partial charge < -0.3 is 5.32 Å². The molecule has 0 heterocycles. The summed E-state index contributed by atoms with van der Waals surface area (Å²) in [6.45, 7) is 4.45. The molecule has 0 aromatic rings. The van der Waals surface area contributed by atoms with Crippen molar-refractivity contribution in [3.8, 4) is 6.07 Å². The van der Waals surface area contributed by atoms with Crippen molar-refractivity contribution in [1.29, 1.82) is 5.26 Å². The molecule has 4 fully saturated rings. The van der Waals surface area contributed by atoms with Crippen molar-refractivity contribution in [2.75, 3.05) is 6.54 Å². The Bertz CT molecular complexity index is 311. The minimum Gasteiger partial charge on any atom is -0.309 e. The van der Waals surface area contributed by atoms with Gasteiger partial charge in [0.1, 0.15) is 0 Å². The second kappa shape index (κ2) is 3.89. The zero-order valence-electron chi connectivity index (χ0n) is 9.78. The highest BCUT2D eigenvalue weighted by molar-refractivity contribution is 5.18. The van der Waals surface area contributed by atoms with Crippen LogP contribution in [0, 0.1) is 35.0 Å². The van der Waals surface area contributed by atoms with E-state index in [1.807, 2.05) is 0 Å². The molecule has 2 heteroatoms. The number of hydrogen-bond acceptors (Lipinski definition) is 2. The summed E-state index contributed by atoms with van der Waals surface area (Å²) in [6, 6.07) is 2.81. The minimum absolute atomic E-state index is 0.675. The highest BCUT2D eigenvalue weighted by Gasteiger charge is 2.47. The Kier molecular flexibility index (Phi) is 2.52. The number of rotatable bonds is 3. The van der Waals surface area contributed by atoms with Gasteiger partial charge in [0, 0.05) is 18.2 Å². The fraction of sp³-hybridized carbons (Fsp3) is 0.786. The summed E-state index contributed by atoms with van der Waals surface area (Å²) in [4.78, 5) is 0. The Morgan fingerprint density at radius 2 is 1.69 bits per heavy atom. The van der Waals surface area contributed by atoms with Crippen LogP contribution in [0.5, 0.6) is 0 Å². The number of nitrogens with zero attached hydrogens (tertiary/aromatic N) is 1. The summed E-state index contributed by atoms with van der Waals surface area (Å²) in [5.41, 5.74) is 0.675. The molecule has 1 N–H and O–H groups in total. The molecule has 0 amide bonds. The van der Waals surface area contributed by atoms with Crippen molar-refractivity contribution in [2.24, 2.45) is 23.7 Å². The summed E-state index contributed by atoms with van der Waals surface area (Å²) >= 11 is 0. The van der Waals surface area contributed by atoms with Gasteiger partial charge in [0.25, 0.3) is 0 Å². The molecule has 4 bridgehead atoms. The lowest BCUT2D eigenvalue weighted by molar-refractivity contribution is -0.0125. The second-order valence-corrected chi connectivity index (χ2v) is 6.05. The van der Waals surface area contributed by atoms with E-state index in [4.69, 9.17) is 5.26 Å².